The molecular formula is C13H26N2O3S. The van der Waals surface area contributed by atoms with Crippen LogP contribution in [-0.2, 0) is 4.79 Å². The maximum absolute atomic E-state index is 11.9. The Balaban J connectivity index is 4.10. The molecular weight excluding hydrogens is 264 g/mol. The predicted octanol–water partition coefficient (Wildman–Crippen LogP) is 2.27. The summed E-state index contributed by atoms with van der Waals surface area (Å²) in [6.45, 7) is 4.37. The fraction of sp³-hybridized carbons (Fsp3) is 0.846. The van der Waals surface area contributed by atoms with Crippen LogP contribution in [0.15, 0.2) is 0 Å². The average Bonchev–Trinajstić information content (AvgIpc) is 2.38. The highest BCUT2D eigenvalue weighted by Crippen LogP contribution is 2.08. The Hall–Kier alpha value is -0.910. The van der Waals surface area contributed by atoms with Gasteiger partial charge in [-0.3, -0.25) is 4.79 Å². The minimum Gasteiger partial charge on any atom is -0.481 e. The lowest BCUT2D eigenvalue weighted by Gasteiger charge is -2.26. The van der Waals surface area contributed by atoms with Gasteiger partial charge in [0.05, 0.1) is 0 Å². The van der Waals surface area contributed by atoms with E-state index in [1.54, 1.807) is 23.7 Å². The van der Waals surface area contributed by atoms with Crippen molar-refractivity contribution in [2.75, 3.05) is 25.6 Å². The second-order valence-electron chi connectivity index (χ2n) is 4.80. The number of hydrogen-bond acceptors (Lipinski definition) is 3. The third kappa shape index (κ3) is 7.97. The van der Waals surface area contributed by atoms with Gasteiger partial charge in [-0.15, -0.1) is 0 Å². The Bertz CT molecular complexity index is 287. The number of hydrogen-bond donors (Lipinski definition) is 2. The van der Waals surface area contributed by atoms with Crippen LogP contribution in [0.1, 0.15) is 33.1 Å². The van der Waals surface area contributed by atoms with Gasteiger partial charge in [-0.1, -0.05) is 13.3 Å². The molecule has 112 valence electrons. The molecule has 0 saturated carbocycles. The Morgan fingerprint density at radius 2 is 2.05 bits per heavy atom. The number of thioether (sulfide) groups is 1. The van der Waals surface area contributed by atoms with E-state index in [0.29, 0.717) is 6.54 Å². The molecule has 0 spiro atoms. The van der Waals surface area contributed by atoms with Gasteiger partial charge in [-0.2, -0.15) is 11.8 Å². The maximum atomic E-state index is 11.9. The number of carboxylic acids is 1. The number of aliphatic carboxylic acids is 1. The Morgan fingerprint density at radius 3 is 2.53 bits per heavy atom. The summed E-state index contributed by atoms with van der Waals surface area (Å²) in [7, 11) is 1.78. The van der Waals surface area contributed by atoms with Crippen LogP contribution in [0.3, 0.4) is 0 Å². The fourth-order valence-electron chi connectivity index (χ4n) is 1.65. The van der Waals surface area contributed by atoms with Gasteiger partial charge in [0.1, 0.15) is 0 Å². The molecule has 0 aromatic rings. The summed E-state index contributed by atoms with van der Waals surface area (Å²) in [6, 6.07) is 0.0597. The zero-order valence-electron chi connectivity index (χ0n) is 12.3. The minimum absolute atomic E-state index is 0.00338. The van der Waals surface area contributed by atoms with Crippen molar-refractivity contribution in [1.82, 2.24) is 10.2 Å². The van der Waals surface area contributed by atoms with Gasteiger partial charge in [0.25, 0.3) is 0 Å². The number of nitrogens with zero attached hydrogens (tertiary/aromatic N) is 1. The summed E-state index contributed by atoms with van der Waals surface area (Å²) < 4.78 is 0. The summed E-state index contributed by atoms with van der Waals surface area (Å²) in [5, 5.41) is 11.6. The average molecular weight is 290 g/mol. The molecule has 0 aromatic heterocycles. The van der Waals surface area contributed by atoms with Crippen molar-refractivity contribution >= 4 is 23.8 Å². The monoisotopic (exact) mass is 290 g/mol. The van der Waals surface area contributed by atoms with Crippen LogP contribution in [0, 0.1) is 5.92 Å². The molecule has 0 rings (SSSR count). The van der Waals surface area contributed by atoms with Crippen molar-refractivity contribution in [3.63, 3.8) is 0 Å². The van der Waals surface area contributed by atoms with Crippen LogP contribution < -0.4 is 5.32 Å². The van der Waals surface area contributed by atoms with E-state index in [2.05, 4.69) is 5.32 Å². The molecule has 0 aromatic carbocycles. The third-order valence-electron chi connectivity index (χ3n) is 3.30. The number of rotatable bonds is 9. The van der Waals surface area contributed by atoms with Gasteiger partial charge in [0.2, 0.25) is 0 Å². The summed E-state index contributed by atoms with van der Waals surface area (Å²) in [4.78, 5) is 24.2. The van der Waals surface area contributed by atoms with Gasteiger partial charge < -0.3 is 15.3 Å². The van der Waals surface area contributed by atoms with Gasteiger partial charge in [0.15, 0.2) is 0 Å². The summed E-state index contributed by atoms with van der Waals surface area (Å²) in [5.74, 6) is 0.203. The first-order chi connectivity index (χ1) is 8.92. The topological polar surface area (TPSA) is 69.6 Å². The van der Waals surface area contributed by atoms with Gasteiger partial charge >= 0.3 is 12.0 Å². The first-order valence-corrected chi connectivity index (χ1v) is 8.03. The molecule has 6 heteroatoms. The number of carboxylic acid groups (broad SMARTS) is 1. The maximum Gasteiger partial charge on any atom is 0.317 e. The van der Waals surface area contributed by atoms with E-state index in [1.165, 1.54) is 0 Å². The van der Waals surface area contributed by atoms with Crippen molar-refractivity contribution < 1.29 is 14.7 Å². The number of carbonyl (C=O) groups is 2. The smallest absolute Gasteiger partial charge is 0.317 e. The highest BCUT2D eigenvalue weighted by atomic mass is 32.2. The first-order valence-electron chi connectivity index (χ1n) is 6.63. The molecule has 0 aliphatic rings. The van der Waals surface area contributed by atoms with E-state index in [1.807, 2.05) is 20.1 Å². The van der Waals surface area contributed by atoms with Crippen LogP contribution in [0.25, 0.3) is 0 Å². The Kier molecular flexibility index (Phi) is 9.47. The molecule has 5 nitrogen and oxygen atoms in total. The van der Waals surface area contributed by atoms with E-state index in [4.69, 9.17) is 5.11 Å². The Labute approximate surface area is 120 Å². The normalized spacial score (nSPS) is 13.7. The molecule has 0 saturated heterocycles. The van der Waals surface area contributed by atoms with E-state index >= 15 is 0 Å². The lowest BCUT2D eigenvalue weighted by Crippen LogP contribution is -2.44. The van der Waals surface area contributed by atoms with Crippen LogP contribution in [0.5, 0.6) is 0 Å². The summed E-state index contributed by atoms with van der Waals surface area (Å²) in [6.07, 6.45) is 3.85. The molecule has 0 aliphatic carbocycles. The van der Waals surface area contributed by atoms with Crippen molar-refractivity contribution in [3.05, 3.63) is 0 Å². The summed E-state index contributed by atoms with van der Waals surface area (Å²) >= 11 is 1.76. The second kappa shape index (κ2) is 9.95. The first kappa shape index (κ1) is 18.1. The molecule has 0 radical (unpaired) electrons. The fourth-order valence-corrected chi connectivity index (χ4v) is 2.22. The SMILES string of the molecule is CCC(CNC(=O)N(C)C(C)CCSC)CC(=O)O. The van der Waals surface area contributed by atoms with Gasteiger partial charge in [-0.25, -0.2) is 4.79 Å². The van der Waals surface area contributed by atoms with Gasteiger partial charge in [-0.05, 0) is 31.3 Å². The molecule has 2 unspecified atom stereocenters. The highest BCUT2D eigenvalue weighted by molar-refractivity contribution is 7.98. The molecule has 2 N–H and O–H groups in total. The zero-order valence-corrected chi connectivity index (χ0v) is 13.1. The molecule has 19 heavy (non-hydrogen) atoms. The molecule has 0 bridgehead atoms. The van der Waals surface area contributed by atoms with E-state index < -0.39 is 5.97 Å². The molecule has 2 amide bonds. The minimum atomic E-state index is -0.817. The van der Waals surface area contributed by atoms with Crippen LogP contribution in [0.2, 0.25) is 0 Å². The largest absolute Gasteiger partial charge is 0.481 e. The van der Waals surface area contributed by atoms with E-state index in [9.17, 15) is 9.59 Å². The van der Waals surface area contributed by atoms with Crippen molar-refractivity contribution in [1.29, 1.82) is 0 Å². The number of amides is 2. The number of urea groups is 1. The summed E-state index contributed by atoms with van der Waals surface area (Å²) in [5.41, 5.74) is 0. The zero-order chi connectivity index (χ0) is 14.8. The molecule has 0 heterocycles. The number of carbonyl (C=O) groups excluding carboxylic acids is 1. The standard InChI is InChI=1S/C13H26N2O3S/c1-5-11(8-12(16)17)9-14-13(18)15(3)10(2)6-7-19-4/h10-11H,5-9H2,1-4H3,(H,14,18)(H,16,17). The van der Waals surface area contributed by atoms with Gasteiger partial charge in [0, 0.05) is 26.1 Å². The lowest BCUT2D eigenvalue weighted by atomic mass is 10.0. The third-order valence-corrected chi connectivity index (χ3v) is 3.95. The van der Waals surface area contributed by atoms with Crippen molar-refractivity contribution in [2.24, 2.45) is 5.92 Å². The van der Waals surface area contributed by atoms with Crippen molar-refractivity contribution in [2.45, 2.75) is 39.2 Å². The van der Waals surface area contributed by atoms with Crippen LogP contribution >= 0.6 is 11.8 Å². The predicted molar refractivity (Wildman–Crippen MR) is 79.7 cm³/mol. The highest BCUT2D eigenvalue weighted by Gasteiger charge is 2.17. The van der Waals surface area contributed by atoms with E-state index in [0.717, 1.165) is 18.6 Å². The quantitative estimate of drug-likeness (QED) is 0.683. The lowest BCUT2D eigenvalue weighted by molar-refractivity contribution is -0.138. The molecule has 0 aliphatic heterocycles. The van der Waals surface area contributed by atoms with Crippen LogP contribution in [0.4, 0.5) is 4.79 Å². The Morgan fingerprint density at radius 1 is 1.42 bits per heavy atom. The van der Waals surface area contributed by atoms with E-state index in [-0.39, 0.29) is 24.4 Å². The molecule has 2 atom stereocenters. The molecule has 0 fully saturated rings. The van der Waals surface area contributed by atoms with Crippen molar-refractivity contribution in [3.8, 4) is 0 Å². The van der Waals surface area contributed by atoms with Crippen LogP contribution in [-0.4, -0.2) is 53.6 Å². The number of nitrogens with one attached hydrogen (secondary N) is 1. The second-order valence-corrected chi connectivity index (χ2v) is 5.79.